The number of pyridine rings is 1. The van der Waals surface area contributed by atoms with Crippen LogP contribution in [0.15, 0.2) is 29.3 Å². The molecule has 2 rings (SSSR count). The third kappa shape index (κ3) is 3.83. The third-order valence-electron chi connectivity index (χ3n) is 3.05. The van der Waals surface area contributed by atoms with Crippen LogP contribution in [0.25, 0.3) is 5.82 Å². The number of nitrogens with zero attached hydrogens (tertiary/aromatic N) is 2. The van der Waals surface area contributed by atoms with Crippen LogP contribution >= 0.6 is 0 Å². The summed E-state index contributed by atoms with van der Waals surface area (Å²) < 4.78 is 5.87. The van der Waals surface area contributed by atoms with E-state index in [2.05, 4.69) is 15.4 Å². The number of carboxylic acids is 1. The summed E-state index contributed by atoms with van der Waals surface area (Å²) in [6, 6.07) is 2.95. The molecule has 3 N–H and O–H groups in total. The molecule has 0 unspecified atom stereocenters. The zero-order valence-electron chi connectivity index (χ0n) is 12.4. The van der Waals surface area contributed by atoms with E-state index in [1.807, 2.05) is 0 Å². The fourth-order valence-electron chi connectivity index (χ4n) is 1.87. The van der Waals surface area contributed by atoms with Crippen molar-refractivity contribution in [3.8, 4) is 5.82 Å². The van der Waals surface area contributed by atoms with Crippen LogP contribution in [0.1, 0.15) is 27.1 Å². The number of aromatic carboxylic acids is 1. The molecule has 0 fully saturated rings. The van der Waals surface area contributed by atoms with E-state index < -0.39 is 11.5 Å². The Kier molecular flexibility index (Phi) is 5.26. The van der Waals surface area contributed by atoms with E-state index in [1.54, 1.807) is 7.11 Å². The monoisotopic (exact) mass is 320 g/mol. The normalized spacial score (nSPS) is 10.5. The van der Waals surface area contributed by atoms with Gasteiger partial charge in [0.05, 0.1) is 5.56 Å². The number of ether oxygens (including phenoxy) is 1. The maximum Gasteiger partial charge on any atom is 0.342 e. The van der Waals surface area contributed by atoms with Gasteiger partial charge < -0.3 is 15.2 Å². The van der Waals surface area contributed by atoms with Crippen LogP contribution in [-0.2, 0) is 4.74 Å². The van der Waals surface area contributed by atoms with Crippen LogP contribution in [0, 0.1) is 0 Å². The van der Waals surface area contributed by atoms with Gasteiger partial charge in [-0.2, -0.15) is 0 Å². The van der Waals surface area contributed by atoms with Crippen LogP contribution in [0.3, 0.4) is 0 Å². The van der Waals surface area contributed by atoms with E-state index in [4.69, 9.17) is 9.84 Å². The zero-order chi connectivity index (χ0) is 16.8. The van der Waals surface area contributed by atoms with Crippen LogP contribution in [0.2, 0.25) is 0 Å². The molecule has 0 atom stereocenters. The number of nitrogens with one attached hydrogen (secondary N) is 2. The fourth-order valence-corrected chi connectivity index (χ4v) is 1.87. The molecule has 0 spiro atoms. The molecule has 9 heteroatoms. The third-order valence-corrected chi connectivity index (χ3v) is 3.05. The highest BCUT2D eigenvalue weighted by molar-refractivity contribution is 5.93. The first-order valence-corrected chi connectivity index (χ1v) is 6.82. The molecule has 0 bridgehead atoms. The number of amides is 1. The molecule has 0 radical (unpaired) electrons. The van der Waals surface area contributed by atoms with Crippen molar-refractivity contribution >= 4 is 11.9 Å². The second-order valence-corrected chi connectivity index (χ2v) is 4.64. The number of carboxylic acid groups (broad SMARTS) is 1. The Morgan fingerprint density at radius 1 is 1.43 bits per heavy atom. The highest BCUT2D eigenvalue weighted by atomic mass is 16.5. The van der Waals surface area contributed by atoms with E-state index >= 15 is 0 Å². The minimum Gasteiger partial charge on any atom is -0.477 e. The number of hydrogen-bond donors (Lipinski definition) is 3. The summed E-state index contributed by atoms with van der Waals surface area (Å²) >= 11 is 0. The Balaban J connectivity index is 2.09. The van der Waals surface area contributed by atoms with Gasteiger partial charge in [-0.1, -0.05) is 0 Å². The van der Waals surface area contributed by atoms with Gasteiger partial charge in [0.25, 0.3) is 11.5 Å². The summed E-state index contributed by atoms with van der Waals surface area (Å²) in [7, 11) is 1.59. The second-order valence-electron chi connectivity index (χ2n) is 4.64. The van der Waals surface area contributed by atoms with Crippen LogP contribution < -0.4 is 10.9 Å². The number of rotatable bonds is 7. The van der Waals surface area contributed by atoms with Crippen molar-refractivity contribution in [1.29, 1.82) is 0 Å². The van der Waals surface area contributed by atoms with Gasteiger partial charge >= 0.3 is 5.97 Å². The number of carbonyl (C=O) groups is 2. The number of carbonyl (C=O) groups excluding carboxylic acids is 1. The minimum absolute atomic E-state index is 0.193. The van der Waals surface area contributed by atoms with E-state index in [-0.39, 0.29) is 17.3 Å². The topological polar surface area (TPSA) is 126 Å². The summed E-state index contributed by atoms with van der Waals surface area (Å²) in [5, 5.41) is 14.1. The van der Waals surface area contributed by atoms with Gasteiger partial charge in [-0.3, -0.25) is 14.7 Å². The lowest BCUT2D eigenvalue weighted by Gasteiger charge is -2.05. The van der Waals surface area contributed by atoms with Crippen molar-refractivity contribution in [2.24, 2.45) is 0 Å². The van der Waals surface area contributed by atoms with E-state index in [0.717, 1.165) is 10.9 Å². The summed E-state index contributed by atoms with van der Waals surface area (Å²) in [6.45, 7) is 1.03. The summed E-state index contributed by atoms with van der Waals surface area (Å²) in [6.07, 6.45) is 3.10. The van der Waals surface area contributed by atoms with Crippen molar-refractivity contribution in [2.75, 3.05) is 20.3 Å². The lowest BCUT2D eigenvalue weighted by Crippen LogP contribution is -2.25. The molecule has 0 aliphatic carbocycles. The Bertz CT molecular complexity index is 747. The molecule has 9 nitrogen and oxygen atoms in total. The maximum absolute atomic E-state index is 11.9. The molecule has 122 valence electrons. The highest BCUT2D eigenvalue weighted by Gasteiger charge is 2.15. The summed E-state index contributed by atoms with van der Waals surface area (Å²) in [5.74, 6) is -1.42. The largest absolute Gasteiger partial charge is 0.477 e. The van der Waals surface area contributed by atoms with Gasteiger partial charge in [-0.05, 0) is 18.6 Å². The fraction of sp³-hybridized carbons (Fsp3) is 0.286. The Morgan fingerprint density at radius 3 is 2.78 bits per heavy atom. The minimum atomic E-state index is -1.32. The van der Waals surface area contributed by atoms with Gasteiger partial charge in [0.2, 0.25) is 0 Å². The number of H-pyrrole nitrogens is 1. The average Bonchev–Trinajstić information content (AvgIpc) is 2.93. The quantitative estimate of drug-likeness (QED) is 0.618. The van der Waals surface area contributed by atoms with Gasteiger partial charge in [0, 0.05) is 32.7 Å². The standard InChI is InChI=1S/C14H16N4O5/c1-23-6-2-5-15-12(19)9-3-4-11(16-7-9)18-13(20)10(8-17-18)14(21)22/h3-4,7-8,17H,2,5-6H2,1H3,(H,15,19)(H,21,22). The molecule has 0 aliphatic heterocycles. The van der Waals surface area contributed by atoms with E-state index in [0.29, 0.717) is 25.1 Å². The van der Waals surface area contributed by atoms with E-state index in [1.165, 1.54) is 18.3 Å². The van der Waals surface area contributed by atoms with Gasteiger partial charge in [0.1, 0.15) is 5.56 Å². The smallest absolute Gasteiger partial charge is 0.342 e. The first kappa shape index (κ1) is 16.4. The number of methoxy groups -OCH3 is 1. The Morgan fingerprint density at radius 2 is 2.22 bits per heavy atom. The van der Waals surface area contributed by atoms with Crippen molar-refractivity contribution in [3.05, 3.63) is 46.0 Å². The molecule has 23 heavy (non-hydrogen) atoms. The molecule has 0 aromatic carbocycles. The highest BCUT2D eigenvalue weighted by Crippen LogP contribution is 2.04. The van der Waals surface area contributed by atoms with Gasteiger partial charge in [-0.25, -0.2) is 14.5 Å². The summed E-state index contributed by atoms with van der Waals surface area (Å²) in [4.78, 5) is 38.6. The molecule has 2 heterocycles. The summed E-state index contributed by atoms with van der Waals surface area (Å²) in [5.41, 5.74) is -0.766. The van der Waals surface area contributed by atoms with Crippen molar-refractivity contribution < 1.29 is 19.4 Å². The van der Waals surface area contributed by atoms with E-state index in [9.17, 15) is 14.4 Å². The Labute approximate surface area is 130 Å². The van der Waals surface area contributed by atoms with Gasteiger partial charge in [0.15, 0.2) is 5.82 Å². The molecule has 1 amide bonds. The number of aromatic nitrogens is 3. The van der Waals surface area contributed by atoms with Crippen LogP contribution in [-0.4, -0.2) is 52.0 Å². The SMILES string of the molecule is COCCCNC(=O)c1ccc(-n2[nH]cc(C(=O)O)c2=O)nc1. The molecule has 0 saturated carbocycles. The predicted octanol–water partition coefficient (Wildman–Crippen LogP) is 0.0251. The molecule has 0 aliphatic rings. The van der Waals surface area contributed by atoms with Crippen molar-refractivity contribution in [1.82, 2.24) is 20.1 Å². The van der Waals surface area contributed by atoms with Crippen molar-refractivity contribution in [3.63, 3.8) is 0 Å². The zero-order valence-corrected chi connectivity index (χ0v) is 12.4. The first-order chi connectivity index (χ1) is 11.0. The average molecular weight is 320 g/mol. The maximum atomic E-state index is 11.9. The predicted molar refractivity (Wildman–Crippen MR) is 80.0 cm³/mol. The molecule has 2 aromatic heterocycles. The second kappa shape index (κ2) is 7.36. The lowest BCUT2D eigenvalue weighted by molar-refractivity contribution is 0.0695. The Hall–Kier alpha value is -2.94. The first-order valence-electron chi connectivity index (χ1n) is 6.82. The number of hydrogen-bond acceptors (Lipinski definition) is 5. The molecule has 0 saturated heterocycles. The molecule has 2 aromatic rings. The van der Waals surface area contributed by atoms with Gasteiger partial charge in [-0.15, -0.1) is 0 Å². The molecular weight excluding hydrogens is 304 g/mol. The molecular formula is C14H16N4O5. The number of aromatic amines is 1. The van der Waals surface area contributed by atoms with Crippen molar-refractivity contribution in [2.45, 2.75) is 6.42 Å². The van der Waals surface area contributed by atoms with Crippen LogP contribution in [0.5, 0.6) is 0 Å². The van der Waals surface area contributed by atoms with Crippen LogP contribution in [0.4, 0.5) is 0 Å². The lowest BCUT2D eigenvalue weighted by atomic mass is 10.2.